The first-order valence-corrected chi connectivity index (χ1v) is 4.17. The first kappa shape index (κ1) is 12.7. The first-order valence-electron chi connectivity index (χ1n) is 3.00. The van der Waals surface area contributed by atoms with Crippen LogP contribution in [0.4, 0.5) is 5.69 Å². The van der Waals surface area contributed by atoms with E-state index in [1.807, 2.05) is 0 Å². The molecule has 0 atom stereocenters. The Hall–Kier alpha value is -0.260. The van der Waals surface area contributed by atoms with Crippen LogP contribution >= 0.6 is 44.5 Å². The molecule has 1 rings (SSSR count). The number of hydrogen-bond acceptors (Lipinski definition) is 2. The molecule has 0 radical (unpaired) electrons. The van der Waals surface area contributed by atoms with Gasteiger partial charge in [0, 0.05) is 10.2 Å². The van der Waals surface area contributed by atoms with Crippen LogP contribution in [0.5, 0.6) is 0 Å². The van der Waals surface area contributed by atoms with Crippen molar-refractivity contribution in [3.63, 3.8) is 0 Å². The van der Waals surface area contributed by atoms with E-state index >= 15 is 0 Å². The highest BCUT2D eigenvalue weighted by Crippen LogP contribution is 2.27. The number of nitrogens with two attached hydrogens (primary N) is 1. The molecule has 0 fully saturated rings. The maximum atomic E-state index is 10.5. The van der Waals surface area contributed by atoms with Gasteiger partial charge in [0.1, 0.15) is 0 Å². The predicted molar refractivity (Wildman–Crippen MR) is 60.8 cm³/mol. The largest absolute Gasteiger partial charge is 0.478 e. The molecule has 0 aliphatic carbocycles. The van der Waals surface area contributed by atoms with Crippen LogP contribution in [-0.4, -0.2) is 11.1 Å². The fourth-order valence-corrected chi connectivity index (χ4v) is 1.26. The predicted octanol–water partition coefficient (Wildman–Crippen LogP) is 2.96. The highest BCUT2D eigenvalue weighted by atomic mass is 79.9. The summed E-state index contributed by atoms with van der Waals surface area (Å²) in [4.78, 5) is 10.5. The van der Waals surface area contributed by atoms with Gasteiger partial charge in [0.05, 0.1) is 10.6 Å². The van der Waals surface area contributed by atoms with Gasteiger partial charge in [-0.25, -0.2) is 4.79 Å². The molecule has 1 aromatic rings. The Balaban J connectivity index is 0.00000144. The minimum Gasteiger partial charge on any atom is -0.478 e. The van der Waals surface area contributed by atoms with Gasteiger partial charge in [-0.1, -0.05) is 11.6 Å². The molecule has 0 unspecified atom stereocenters. The standard InChI is InChI=1S/C7H5BrClNO2.BrH/c8-4-1-3(7(11)12)6(10)2-5(4)9;/h1-2H,10H2,(H,11,12);1H. The number of rotatable bonds is 1. The molecule has 3 N–H and O–H groups in total. The second-order valence-electron chi connectivity index (χ2n) is 2.16. The smallest absolute Gasteiger partial charge is 0.337 e. The van der Waals surface area contributed by atoms with Crippen molar-refractivity contribution in [2.75, 3.05) is 5.73 Å². The zero-order valence-electron chi connectivity index (χ0n) is 6.25. The van der Waals surface area contributed by atoms with E-state index in [4.69, 9.17) is 22.4 Å². The van der Waals surface area contributed by atoms with Crippen molar-refractivity contribution >= 4 is 56.2 Å². The molecule has 1 aromatic carbocycles. The number of hydrogen-bond donors (Lipinski definition) is 2. The maximum Gasteiger partial charge on any atom is 0.337 e. The molecule has 0 amide bonds. The summed E-state index contributed by atoms with van der Waals surface area (Å²) >= 11 is 8.77. The van der Waals surface area contributed by atoms with Crippen LogP contribution in [-0.2, 0) is 0 Å². The third-order valence-electron chi connectivity index (χ3n) is 1.32. The molecule has 0 spiro atoms. The molecule has 13 heavy (non-hydrogen) atoms. The zero-order valence-corrected chi connectivity index (χ0v) is 10.3. The molecule has 0 saturated carbocycles. The van der Waals surface area contributed by atoms with Crippen LogP contribution < -0.4 is 5.73 Å². The Bertz CT molecular complexity index is 344. The molecule has 0 heterocycles. The molecule has 3 nitrogen and oxygen atoms in total. The summed E-state index contributed by atoms with van der Waals surface area (Å²) in [5.41, 5.74) is 5.62. The fraction of sp³-hybridized carbons (Fsp3) is 0. The van der Waals surface area contributed by atoms with Crippen LogP contribution in [0.15, 0.2) is 16.6 Å². The average Bonchev–Trinajstić information content (AvgIpc) is 1.96. The second-order valence-corrected chi connectivity index (χ2v) is 3.42. The minimum absolute atomic E-state index is 0. The summed E-state index contributed by atoms with van der Waals surface area (Å²) in [5, 5.41) is 9.04. The van der Waals surface area contributed by atoms with E-state index in [1.165, 1.54) is 12.1 Å². The summed E-state index contributed by atoms with van der Waals surface area (Å²) in [7, 11) is 0. The Morgan fingerprint density at radius 3 is 2.54 bits per heavy atom. The van der Waals surface area contributed by atoms with E-state index in [2.05, 4.69) is 15.9 Å². The van der Waals surface area contributed by atoms with Crippen LogP contribution in [0.25, 0.3) is 0 Å². The van der Waals surface area contributed by atoms with Crippen LogP contribution in [0.3, 0.4) is 0 Å². The third-order valence-corrected chi connectivity index (χ3v) is 2.52. The number of nitrogen functional groups attached to an aromatic ring is 1. The lowest BCUT2D eigenvalue weighted by Gasteiger charge is -2.02. The molecule has 6 heteroatoms. The summed E-state index contributed by atoms with van der Waals surface area (Å²) < 4.78 is 0.524. The number of halogens is 3. The lowest BCUT2D eigenvalue weighted by molar-refractivity contribution is 0.0698. The molecule has 0 saturated heterocycles. The van der Waals surface area contributed by atoms with E-state index in [-0.39, 0.29) is 28.2 Å². The highest BCUT2D eigenvalue weighted by Gasteiger charge is 2.10. The molecule has 0 bridgehead atoms. The molecule has 0 aliphatic rings. The monoisotopic (exact) mass is 329 g/mol. The van der Waals surface area contributed by atoms with Crippen molar-refractivity contribution in [1.29, 1.82) is 0 Å². The topological polar surface area (TPSA) is 63.3 Å². The Labute approximate surface area is 98.8 Å². The van der Waals surface area contributed by atoms with Gasteiger partial charge in [-0.05, 0) is 28.1 Å². The van der Waals surface area contributed by atoms with Gasteiger partial charge in [0.2, 0.25) is 0 Å². The highest BCUT2D eigenvalue weighted by molar-refractivity contribution is 9.10. The van der Waals surface area contributed by atoms with Gasteiger partial charge in [-0.2, -0.15) is 0 Å². The van der Waals surface area contributed by atoms with Crippen molar-refractivity contribution in [2.24, 2.45) is 0 Å². The quantitative estimate of drug-likeness (QED) is 0.778. The maximum absolute atomic E-state index is 10.5. The number of carbonyl (C=O) groups is 1. The normalized spacial score (nSPS) is 9.08. The Morgan fingerprint density at radius 1 is 1.54 bits per heavy atom. The minimum atomic E-state index is -1.06. The van der Waals surface area contributed by atoms with Crippen molar-refractivity contribution in [2.45, 2.75) is 0 Å². The van der Waals surface area contributed by atoms with E-state index in [9.17, 15) is 4.79 Å². The average molecular weight is 331 g/mol. The Kier molecular flexibility index (Phi) is 4.74. The molecular weight excluding hydrogens is 325 g/mol. The van der Waals surface area contributed by atoms with Gasteiger partial charge in [-0.3, -0.25) is 0 Å². The molecule has 0 aliphatic heterocycles. The van der Waals surface area contributed by atoms with E-state index < -0.39 is 5.97 Å². The van der Waals surface area contributed by atoms with Gasteiger partial charge < -0.3 is 10.8 Å². The summed E-state index contributed by atoms with van der Waals surface area (Å²) in [6.45, 7) is 0. The van der Waals surface area contributed by atoms with Gasteiger partial charge in [0.15, 0.2) is 0 Å². The summed E-state index contributed by atoms with van der Waals surface area (Å²) in [6, 6.07) is 2.77. The van der Waals surface area contributed by atoms with Crippen LogP contribution in [0.2, 0.25) is 5.02 Å². The van der Waals surface area contributed by atoms with E-state index in [0.717, 1.165) is 0 Å². The van der Waals surface area contributed by atoms with Crippen molar-refractivity contribution in [3.05, 3.63) is 27.2 Å². The Morgan fingerprint density at radius 2 is 2.08 bits per heavy atom. The van der Waals surface area contributed by atoms with Crippen LogP contribution in [0.1, 0.15) is 10.4 Å². The van der Waals surface area contributed by atoms with E-state index in [0.29, 0.717) is 9.50 Å². The SMILES string of the molecule is Br.Nc1cc(Cl)c(Br)cc1C(=O)O. The van der Waals surface area contributed by atoms with Crippen molar-refractivity contribution in [1.82, 2.24) is 0 Å². The summed E-state index contributed by atoms with van der Waals surface area (Å²) in [6.07, 6.45) is 0. The van der Waals surface area contributed by atoms with Gasteiger partial charge in [-0.15, -0.1) is 17.0 Å². The number of aromatic carboxylic acids is 1. The number of anilines is 1. The number of carboxylic acid groups (broad SMARTS) is 1. The van der Waals surface area contributed by atoms with E-state index in [1.54, 1.807) is 0 Å². The van der Waals surface area contributed by atoms with Crippen molar-refractivity contribution in [3.8, 4) is 0 Å². The zero-order chi connectivity index (χ0) is 9.30. The van der Waals surface area contributed by atoms with Gasteiger partial charge >= 0.3 is 5.97 Å². The number of carboxylic acids is 1. The fourth-order valence-electron chi connectivity index (χ4n) is 0.747. The lowest BCUT2D eigenvalue weighted by Crippen LogP contribution is -2.02. The summed E-state index contributed by atoms with van der Waals surface area (Å²) in [5.74, 6) is -1.06. The van der Waals surface area contributed by atoms with Crippen LogP contribution in [0, 0.1) is 0 Å². The molecule has 0 aromatic heterocycles. The molecular formula is C7H6Br2ClNO2. The second kappa shape index (κ2) is 4.83. The third kappa shape index (κ3) is 2.86. The molecule has 72 valence electrons. The van der Waals surface area contributed by atoms with Gasteiger partial charge in [0.25, 0.3) is 0 Å². The lowest BCUT2D eigenvalue weighted by atomic mass is 10.2. The van der Waals surface area contributed by atoms with Crippen molar-refractivity contribution < 1.29 is 9.90 Å². The number of benzene rings is 1. The first-order chi connectivity index (χ1) is 5.52.